The fourth-order valence-electron chi connectivity index (χ4n) is 2.66. The number of hydrogen-bond acceptors (Lipinski definition) is 2. The lowest BCUT2D eigenvalue weighted by molar-refractivity contribution is -0.147. The largest absolute Gasteiger partial charge is 0.480 e. The van der Waals surface area contributed by atoms with Crippen LogP contribution < -0.4 is 0 Å². The zero-order valence-electron chi connectivity index (χ0n) is 11.0. The summed E-state index contributed by atoms with van der Waals surface area (Å²) in [7, 11) is 0. The Labute approximate surface area is 108 Å². The first-order valence-electron chi connectivity index (χ1n) is 6.65. The molecule has 18 heavy (non-hydrogen) atoms. The molecule has 1 aliphatic rings. The zero-order valence-corrected chi connectivity index (χ0v) is 11.0. The van der Waals surface area contributed by atoms with Crippen LogP contribution in [0.3, 0.4) is 0 Å². The molecule has 0 spiro atoms. The second-order valence-electron chi connectivity index (χ2n) is 5.23. The molecule has 2 unspecified atom stereocenters. The van der Waals surface area contributed by atoms with Crippen LogP contribution in [0.25, 0.3) is 0 Å². The molecule has 2 atom stereocenters. The fraction of sp³-hybridized carbons (Fsp3) is 0.533. The summed E-state index contributed by atoms with van der Waals surface area (Å²) >= 11 is 0. The number of carboxylic acids is 1. The van der Waals surface area contributed by atoms with Crippen LogP contribution in [0.5, 0.6) is 0 Å². The van der Waals surface area contributed by atoms with Gasteiger partial charge in [0.25, 0.3) is 0 Å². The van der Waals surface area contributed by atoms with Crippen molar-refractivity contribution in [2.45, 2.75) is 32.2 Å². The van der Waals surface area contributed by atoms with Gasteiger partial charge < -0.3 is 5.11 Å². The Hall–Kier alpha value is -1.35. The zero-order chi connectivity index (χ0) is 13.1. The van der Waals surface area contributed by atoms with Crippen LogP contribution in [-0.4, -0.2) is 35.1 Å². The van der Waals surface area contributed by atoms with E-state index < -0.39 is 5.97 Å². The van der Waals surface area contributed by atoms with E-state index in [0.717, 1.165) is 19.5 Å². The molecule has 1 aromatic carbocycles. The topological polar surface area (TPSA) is 40.5 Å². The molecule has 1 saturated heterocycles. The van der Waals surface area contributed by atoms with E-state index in [-0.39, 0.29) is 12.0 Å². The van der Waals surface area contributed by atoms with Crippen molar-refractivity contribution in [1.29, 1.82) is 0 Å². The fourth-order valence-corrected chi connectivity index (χ4v) is 2.66. The summed E-state index contributed by atoms with van der Waals surface area (Å²) in [6, 6.07) is 10.0. The first-order chi connectivity index (χ1) is 8.63. The van der Waals surface area contributed by atoms with Crippen molar-refractivity contribution in [3.05, 3.63) is 35.9 Å². The highest BCUT2D eigenvalue weighted by molar-refractivity contribution is 5.74. The number of likely N-dealkylation sites (tertiary alicyclic amines) is 1. The first kappa shape index (κ1) is 13.1. The van der Waals surface area contributed by atoms with Crippen LogP contribution in [0.2, 0.25) is 0 Å². The average Bonchev–Trinajstić information content (AvgIpc) is 2.32. The molecule has 3 nitrogen and oxygen atoms in total. The van der Waals surface area contributed by atoms with Crippen LogP contribution >= 0.6 is 0 Å². The molecule has 3 heteroatoms. The normalized spacial score (nSPS) is 20.1. The van der Waals surface area contributed by atoms with Crippen LogP contribution in [0.1, 0.15) is 31.7 Å². The van der Waals surface area contributed by atoms with E-state index in [4.69, 9.17) is 0 Å². The predicted octanol–water partition coefficient (Wildman–Crippen LogP) is 2.59. The number of carboxylic acid groups (broad SMARTS) is 1. The number of aliphatic carboxylic acids is 1. The van der Waals surface area contributed by atoms with E-state index in [1.54, 1.807) is 0 Å². The first-order valence-corrected chi connectivity index (χ1v) is 6.65. The Kier molecular flexibility index (Phi) is 4.02. The molecule has 1 fully saturated rings. The van der Waals surface area contributed by atoms with Crippen LogP contribution in [0.4, 0.5) is 0 Å². The van der Waals surface area contributed by atoms with Crippen molar-refractivity contribution in [3.8, 4) is 0 Å². The number of carbonyl (C=O) groups is 1. The summed E-state index contributed by atoms with van der Waals surface area (Å²) in [5.41, 5.74) is 1.32. The lowest BCUT2D eigenvalue weighted by Gasteiger charge is -2.44. The third-order valence-electron chi connectivity index (χ3n) is 4.01. The van der Waals surface area contributed by atoms with Crippen LogP contribution in [0, 0.1) is 5.92 Å². The van der Waals surface area contributed by atoms with E-state index in [1.807, 2.05) is 25.1 Å². The molecule has 1 N–H and O–H groups in total. The number of hydrogen-bond donors (Lipinski definition) is 1. The summed E-state index contributed by atoms with van der Waals surface area (Å²) < 4.78 is 0. The average molecular weight is 247 g/mol. The summed E-state index contributed by atoms with van der Waals surface area (Å²) in [5, 5.41) is 9.33. The molecule has 0 amide bonds. The van der Waals surface area contributed by atoms with Gasteiger partial charge in [0.1, 0.15) is 6.04 Å². The van der Waals surface area contributed by atoms with Gasteiger partial charge in [0.05, 0.1) is 0 Å². The predicted molar refractivity (Wildman–Crippen MR) is 71.6 cm³/mol. The highest BCUT2D eigenvalue weighted by Gasteiger charge is 2.38. The molecular formula is C15H21NO2. The lowest BCUT2D eigenvalue weighted by atomic mass is 9.86. The van der Waals surface area contributed by atoms with Gasteiger partial charge in [0, 0.05) is 19.0 Å². The minimum absolute atomic E-state index is 0.208. The van der Waals surface area contributed by atoms with Crippen molar-refractivity contribution in [3.63, 3.8) is 0 Å². The molecule has 0 bridgehead atoms. The van der Waals surface area contributed by atoms with Gasteiger partial charge in [-0.25, -0.2) is 0 Å². The summed E-state index contributed by atoms with van der Waals surface area (Å²) in [6.07, 6.45) is 0.906. The van der Waals surface area contributed by atoms with E-state index in [2.05, 4.69) is 24.0 Å². The number of benzene rings is 1. The van der Waals surface area contributed by atoms with Gasteiger partial charge >= 0.3 is 5.97 Å². The van der Waals surface area contributed by atoms with Gasteiger partial charge in [0.2, 0.25) is 0 Å². The van der Waals surface area contributed by atoms with Crippen molar-refractivity contribution >= 4 is 5.97 Å². The van der Waals surface area contributed by atoms with Crippen LogP contribution in [0.15, 0.2) is 30.3 Å². The van der Waals surface area contributed by atoms with Gasteiger partial charge in [-0.05, 0) is 11.5 Å². The monoisotopic (exact) mass is 247 g/mol. The Balaban J connectivity index is 1.97. The highest BCUT2D eigenvalue weighted by Crippen LogP contribution is 2.31. The second-order valence-corrected chi connectivity index (χ2v) is 5.23. The van der Waals surface area contributed by atoms with Gasteiger partial charge in [0.15, 0.2) is 0 Å². The van der Waals surface area contributed by atoms with Crippen LogP contribution in [-0.2, 0) is 4.79 Å². The molecule has 1 heterocycles. The van der Waals surface area contributed by atoms with Gasteiger partial charge in [-0.3, -0.25) is 9.69 Å². The molecule has 0 radical (unpaired) electrons. The van der Waals surface area contributed by atoms with E-state index in [1.165, 1.54) is 5.56 Å². The number of rotatable bonds is 5. The molecule has 98 valence electrons. The SMILES string of the molecule is CCC(C)C(C(=O)O)N1CC(c2ccccc2)C1. The van der Waals surface area contributed by atoms with Crippen molar-refractivity contribution in [2.75, 3.05) is 13.1 Å². The maximum atomic E-state index is 11.3. The maximum absolute atomic E-state index is 11.3. The summed E-state index contributed by atoms with van der Waals surface area (Å²) in [6.45, 7) is 5.81. The van der Waals surface area contributed by atoms with Crippen molar-refractivity contribution in [2.24, 2.45) is 5.92 Å². The third kappa shape index (κ3) is 2.56. The van der Waals surface area contributed by atoms with E-state index in [0.29, 0.717) is 5.92 Å². The molecule has 0 aromatic heterocycles. The Morgan fingerprint density at radius 2 is 2.00 bits per heavy atom. The Bertz CT molecular complexity index is 398. The molecule has 1 aliphatic heterocycles. The Morgan fingerprint density at radius 1 is 1.39 bits per heavy atom. The molecular weight excluding hydrogens is 226 g/mol. The quantitative estimate of drug-likeness (QED) is 0.869. The minimum atomic E-state index is -0.684. The standard InChI is InChI=1S/C15H21NO2/c1-3-11(2)14(15(17)18)16-9-13(10-16)12-7-5-4-6-8-12/h4-8,11,13-14H,3,9-10H2,1-2H3,(H,17,18). The summed E-state index contributed by atoms with van der Waals surface area (Å²) in [5.74, 6) is 0.0205. The highest BCUT2D eigenvalue weighted by atomic mass is 16.4. The van der Waals surface area contributed by atoms with Crippen molar-refractivity contribution < 1.29 is 9.90 Å². The number of nitrogens with zero attached hydrogens (tertiary/aromatic N) is 1. The van der Waals surface area contributed by atoms with Gasteiger partial charge in [-0.2, -0.15) is 0 Å². The summed E-state index contributed by atoms with van der Waals surface area (Å²) in [4.78, 5) is 13.4. The molecule has 1 aromatic rings. The maximum Gasteiger partial charge on any atom is 0.321 e. The second kappa shape index (κ2) is 5.53. The smallest absolute Gasteiger partial charge is 0.321 e. The molecule has 2 rings (SSSR count). The van der Waals surface area contributed by atoms with Gasteiger partial charge in [-0.1, -0.05) is 50.6 Å². The molecule has 0 saturated carbocycles. The minimum Gasteiger partial charge on any atom is -0.480 e. The Morgan fingerprint density at radius 3 is 2.50 bits per heavy atom. The molecule has 0 aliphatic carbocycles. The van der Waals surface area contributed by atoms with Gasteiger partial charge in [-0.15, -0.1) is 0 Å². The van der Waals surface area contributed by atoms with Crippen molar-refractivity contribution in [1.82, 2.24) is 4.90 Å². The van der Waals surface area contributed by atoms with E-state index >= 15 is 0 Å². The lowest BCUT2D eigenvalue weighted by Crippen LogP contribution is -2.55. The third-order valence-corrected chi connectivity index (χ3v) is 4.01. The van der Waals surface area contributed by atoms with E-state index in [9.17, 15) is 9.90 Å².